The predicted molar refractivity (Wildman–Crippen MR) is 62.0 cm³/mol. The summed E-state index contributed by atoms with van der Waals surface area (Å²) in [5.41, 5.74) is -0.580. The first-order valence-corrected chi connectivity index (χ1v) is 6.30. The van der Waals surface area contributed by atoms with E-state index in [1.165, 1.54) is 0 Å². The van der Waals surface area contributed by atoms with Crippen molar-refractivity contribution in [1.29, 1.82) is 0 Å². The van der Waals surface area contributed by atoms with Gasteiger partial charge in [0.15, 0.2) is 0 Å². The Morgan fingerprint density at radius 3 is 2.94 bits per heavy atom. The van der Waals surface area contributed by atoms with Crippen LogP contribution >= 0.6 is 0 Å². The molecule has 16 heavy (non-hydrogen) atoms. The van der Waals surface area contributed by atoms with Crippen molar-refractivity contribution in [3.05, 3.63) is 0 Å². The third-order valence-corrected chi connectivity index (χ3v) is 3.78. The fourth-order valence-electron chi connectivity index (χ4n) is 2.61. The van der Waals surface area contributed by atoms with E-state index in [2.05, 4.69) is 5.32 Å². The van der Waals surface area contributed by atoms with Crippen molar-refractivity contribution in [1.82, 2.24) is 10.2 Å². The number of nitrogens with one attached hydrogen (secondary N) is 1. The fraction of sp³-hybridized carbons (Fsp3) is 0.917. The zero-order chi connectivity index (χ0) is 11.6. The number of carbonyl (C=O) groups is 1. The summed E-state index contributed by atoms with van der Waals surface area (Å²) in [6.45, 7) is 5.18. The van der Waals surface area contributed by atoms with Crippen LogP contribution in [0.3, 0.4) is 0 Å². The van der Waals surface area contributed by atoms with Gasteiger partial charge >= 0.3 is 0 Å². The van der Waals surface area contributed by atoms with Crippen LogP contribution in [0.25, 0.3) is 0 Å². The Balaban J connectivity index is 1.91. The summed E-state index contributed by atoms with van der Waals surface area (Å²) in [6, 6.07) is 0. The normalized spacial score (nSPS) is 36.1. The SMILES string of the molecule is CC1(O)CCCN(C(=O)C2CCNC2)CC1. The second-order valence-corrected chi connectivity index (χ2v) is 5.37. The quantitative estimate of drug-likeness (QED) is 0.679. The molecule has 2 heterocycles. The number of nitrogens with zero attached hydrogens (tertiary/aromatic N) is 1. The second-order valence-electron chi connectivity index (χ2n) is 5.37. The van der Waals surface area contributed by atoms with Gasteiger partial charge in [0.25, 0.3) is 0 Å². The Kier molecular flexibility index (Phi) is 3.50. The van der Waals surface area contributed by atoms with Crippen LogP contribution in [0.5, 0.6) is 0 Å². The van der Waals surface area contributed by atoms with Crippen molar-refractivity contribution in [2.24, 2.45) is 5.92 Å². The van der Waals surface area contributed by atoms with E-state index in [1.54, 1.807) is 0 Å². The lowest BCUT2D eigenvalue weighted by molar-refractivity contribution is -0.135. The molecule has 2 aliphatic heterocycles. The largest absolute Gasteiger partial charge is 0.390 e. The molecule has 2 aliphatic rings. The van der Waals surface area contributed by atoms with Crippen LogP contribution in [0.15, 0.2) is 0 Å². The molecule has 1 amide bonds. The van der Waals surface area contributed by atoms with E-state index in [9.17, 15) is 9.90 Å². The molecule has 0 radical (unpaired) electrons. The maximum atomic E-state index is 12.2. The number of amides is 1. The Morgan fingerprint density at radius 1 is 1.44 bits per heavy atom. The summed E-state index contributed by atoms with van der Waals surface area (Å²) in [7, 11) is 0. The third kappa shape index (κ3) is 2.74. The summed E-state index contributed by atoms with van der Waals surface area (Å²) in [5.74, 6) is 0.450. The summed E-state index contributed by atoms with van der Waals surface area (Å²) >= 11 is 0. The number of hydrogen-bond acceptors (Lipinski definition) is 3. The smallest absolute Gasteiger partial charge is 0.227 e. The van der Waals surface area contributed by atoms with Gasteiger partial charge in [-0.2, -0.15) is 0 Å². The Labute approximate surface area is 97.0 Å². The number of carbonyl (C=O) groups excluding carboxylic acids is 1. The average Bonchev–Trinajstić information content (AvgIpc) is 2.69. The van der Waals surface area contributed by atoms with Gasteiger partial charge in [0.05, 0.1) is 11.5 Å². The standard InChI is InChI=1S/C12H22N2O2/c1-12(16)4-2-7-14(8-5-12)11(15)10-3-6-13-9-10/h10,13,16H,2-9H2,1H3. The van der Waals surface area contributed by atoms with Crippen LogP contribution in [0.1, 0.15) is 32.6 Å². The maximum Gasteiger partial charge on any atom is 0.227 e. The zero-order valence-electron chi connectivity index (χ0n) is 10.0. The van der Waals surface area contributed by atoms with Crippen molar-refractivity contribution >= 4 is 5.91 Å². The molecule has 2 fully saturated rings. The molecule has 2 unspecified atom stereocenters. The topological polar surface area (TPSA) is 52.6 Å². The molecule has 0 aromatic carbocycles. The molecule has 92 valence electrons. The minimum absolute atomic E-state index is 0.169. The lowest BCUT2D eigenvalue weighted by atomic mass is 9.98. The van der Waals surface area contributed by atoms with Crippen LogP contribution in [0.4, 0.5) is 0 Å². The van der Waals surface area contributed by atoms with Crippen molar-refractivity contribution < 1.29 is 9.90 Å². The van der Waals surface area contributed by atoms with Crippen LogP contribution in [0, 0.1) is 5.92 Å². The van der Waals surface area contributed by atoms with Gasteiger partial charge in [0.2, 0.25) is 5.91 Å². The minimum Gasteiger partial charge on any atom is -0.390 e. The molecule has 0 bridgehead atoms. The summed E-state index contributed by atoms with van der Waals surface area (Å²) in [4.78, 5) is 14.1. The van der Waals surface area contributed by atoms with Gasteiger partial charge in [-0.25, -0.2) is 0 Å². The minimum atomic E-state index is -0.580. The molecule has 2 atom stereocenters. The first-order valence-electron chi connectivity index (χ1n) is 6.30. The molecule has 4 nitrogen and oxygen atoms in total. The molecule has 2 rings (SSSR count). The van der Waals surface area contributed by atoms with E-state index >= 15 is 0 Å². The van der Waals surface area contributed by atoms with Crippen molar-refractivity contribution in [3.63, 3.8) is 0 Å². The molecule has 0 saturated carbocycles. The van der Waals surface area contributed by atoms with Gasteiger partial charge in [-0.05, 0) is 39.2 Å². The fourth-order valence-corrected chi connectivity index (χ4v) is 2.61. The highest BCUT2D eigenvalue weighted by molar-refractivity contribution is 5.79. The van der Waals surface area contributed by atoms with Gasteiger partial charge in [-0.15, -0.1) is 0 Å². The molecular weight excluding hydrogens is 204 g/mol. The highest BCUT2D eigenvalue weighted by atomic mass is 16.3. The number of rotatable bonds is 1. The zero-order valence-corrected chi connectivity index (χ0v) is 10.0. The van der Waals surface area contributed by atoms with Crippen LogP contribution in [0.2, 0.25) is 0 Å². The highest BCUT2D eigenvalue weighted by Gasteiger charge is 2.31. The summed E-state index contributed by atoms with van der Waals surface area (Å²) in [6.07, 6.45) is 3.39. The molecule has 4 heteroatoms. The van der Waals surface area contributed by atoms with E-state index in [0.29, 0.717) is 13.0 Å². The van der Waals surface area contributed by atoms with Gasteiger partial charge < -0.3 is 15.3 Å². The molecule has 2 saturated heterocycles. The van der Waals surface area contributed by atoms with Gasteiger partial charge in [0.1, 0.15) is 0 Å². The molecule has 0 aromatic rings. The maximum absolute atomic E-state index is 12.2. The highest BCUT2D eigenvalue weighted by Crippen LogP contribution is 2.23. The van der Waals surface area contributed by atoms with E-state index in [-0.39, 0.29) is 11.8 Å². The van der Waals surface area contributed by atoms with E-state index < -0.39 is 5.60 Å². The molecule has 0 spiro atoms. The van der Waals surface area contributed by atoms with E-state index in [0.717, 1.165) is 38.9 Å². The molecule has 2 N–H and O–H groups in total. The summed E-state index contributed by atoms with van der Waals surface area (Å²) < 4.78 is 0. The van der Waals surface area contributed by atoms with Crippen LogP contribution in [-0.2, 0) is 4.79 Å². The first-order chi connectivity index (χ1) is 7.58. The monoisotopic (exact) mass is 226 g/mol. The molecular formula is C12H22N2O2. The molecule has 0 aliphatic carbocycles. The Hall–Kier alpha value is -0.610. The van der Waals surface area contributed by atoms with Crippen LogP contribution in [-0.4, -0.2) is 47.7 Å². The summed E-state index contributed by atoms with van der Waals surface area (Å²) in [5, 5.41) is 13.2. The van der Waals surface area contributed by atoms with Crippen molar-refractivity contribution in [3.8, 4) is 0 Å². The average molecular weight is 226 g/mol. The van der Waals surface area contributed by atoms with E-state index in [4.69, 9.17) is 0 Å². The predicted octanol–water partition coefficient (Wildman–Crippen LogP) is 0.359. The Morgan fingerprint density at radius 2 is 2.25 bits per heavy atom. The first kappa shape index (κ1) is 11.9. The Bertz CT molecular complexity index is 260. The van der Waals surface area contributed by atoms with Gasteiger partial charge in [-0.3, -0.25) is 4.79 Å². The van der Waals surface area contributed by atoms with Crippen LogP contribution < -0.4 is 5.32 Å². The lowest BCUT2D eigenvalue weighted by Gasteiger charge is -2.24. The van der Waals surface area contributed by atoms with Gasteiger partial charge in [-0.1, -0.05) is 0 Å². The number of likely N-dealkylation sites (tertiary alicyclic amines) is 1. The van der Waals surface area contributed by atoms with Crippen molar-refractivity contribution in [2.75, 3.05) is 26.2 Å². The lowest BCUT2D eigenvalue weighted by Crippen LogP contribution is -2.38. The van der Waals surface area contributed by atoms with Gasteiger partial charge in [0, 0.05) is 19.6 Å². The van der Waals surface area contributed by atoms with E-state index in [1.807, 2.05) is 11.8 Å². The second kappa shape index (κ2) is 4.72. The molecule has 0 aromatic heterocycles. The van der Waals surface area contributed by atoms with Crippen molar-refractivity contribution in [2.45, 2.75) is 38.2 Å². The number of aliphatic hydroxyl groups is 1. The third-order valence-electron chi connectivity index (χ3n) is 3.78. The number of hydrogen-bond donors (Lipinski definition) is 2.